The van der Waals surface area contributed by atoms with Crippen molar-refractivity contribution in [2.75, 3.05) is 27.8 Å². The summed E-state index contributed by atoms with van der Waals surface area (Å²) in [4.78, 5) is 0. The van der Waals surface area contributed by atoms with Crippen molar-refractivity contribution in [3.8, 4) is 11.5 Å². The van der Waals surface area contributed by atoms with Gasteiger partial charge >= 0.3 is 0 Å². The highest BCUT2D eigenvalue weighted by Crippen LogP contribution is 2.31. The van der Waals surface area contributed by atoms with E-state index in [1.807, 2.05) is 26.1 Å². The SMILES string of the molecule is CNCC(N)c1c(C)cc(OC)cc1OC. The number of aryl methyl sites for hydroxylation is 1. The third-order valence-electron chi connectivity index (χ3n) is 2.57. The van der Waals surface area contributed by atoms with Crippen LogP contribution in [0.2, 0.25) is 0 Å². The molecule has 0 amide bonds. The summed E-state index contributed by atoms with van der Waals surface area (Å²) in [6.07, 6.45) is 0. The van der Waals surface area contributed by atoms with Gasteiger partial charge < -0.3 is 20.5 Å². The fourth-order valence-corrected chi connectivity index (χ4v) is 1.82. The minimum absolute atomic E-state index is 0.0779. The summed E-state index contributed by atoms with van der Waals surface area (Å²) in [6, 6.07) is 3.75. The second kappa shape index (κ2) is 5.72. The molecule has 3 N–H and O–H groups in total. The molecular formula is C12H20N2O2. The molecule has 4 heteroatoms. The Hall–Kier alpha value is -1.26. The maximum absolute atomic E-state index is 6.09. The van der Waals surface area contributed by atoms with Crippen LogP contribution in [0.15, 0.2) is 12.1 Å². The van der Waals surface area contributed by atoms with Crippen molar-refractivity contribution in [1.82, 2.24) is 5.32 Å². The molecule has 0 aliphatic carbocycles. The van der Waals surface area contributed by atoms with Gasteiger partial charge in [0.25, 0.3) is 0 Å². The van der Waals surface area contributed by atoms with Crippen molar-refractivity contribution in [1.29, 1.82) is 0 Å². The Balaban J connectivity index is 3.15. The third kappa shape index (κ3) is 2.65. The Morgan fingerprint density at radius 1 is 1.31 bits per heavy atom. The van der Waals surface area contributed by atoms with E-state index in [4.69, 9.17) is 15.2 Å². The maximum atomic E-state index is 6.09. The van der Waals surface area contributed by atoms with Gasteiger partial charge in [-0.1, -0.05) is 0 Å². The van der Waals surface area contributed by atoms with Crippen molar-refractivity contribution in [3.63, 3.8) is 0 Å². The molecule has 0 fully saturated rings. The van der Waals surface area contributed by atoms with Gasteiger partial charge in [0.2, 0.25) is 0 Å². The molecule has 90 valence electrons. The molecule has 1 aromatic carbocycles. The van der Waals surface area contributed by atoms with Crippen molar-refractivity contribution in [2.24, 2.45) is 5.73 Å². The minimum Gasteiger partial charge on any atom is -0.497 e. The molecule has 0 saturated heterocycles. The van der Waals surface area contributed by atoms with Gasteiger partial charge in [0.15, 0.2) is 0 Å². The van der Waals surface area contributed by atoms with E-state index in [0.717, 1.165) is 22.6 Å². The Kier molecular flexibility index (Phi) is 4.58. The van der Waals surface area contributed by atoms with Crippen molar-refractivity contribution in [3.05, 3.63) is 23.3 Å². The van der Waals surface area contributed by atoms with Gasteiger partial charge in [0.1, 0.15) is 11.5 Å². The van der Waals surface area contributed by atoms with E-state index in [1.54, 1.807) is 14.2 Å². The average Bonchev–Trinajstić information content (AvgIpc) is 2.27. The average molecular weight is 224 g/mol. The zero-order chi connectivity index (χ0) is 12.1. The van der Waals surface area contributed by atoms with Gasteiger partial charge in [0.05, 0.1) is 14.2 Å². The van der Waals surface area contributed by atoms with Gasteiger partial charge in [-0.25, -0.2) is 0 Å². The fourth-order valence-electron chi connectivity index (χ4n) is 1.82. The first kappa shape index (κ1) is 12.8. The lowest BCUT2D eigenvalue weighted by Crippen LogP contribution is -2.25. The van der Waals surface area contributed by atoms with Gasteiger partial charge in [-0.2, -0.15) is 0 Å². The van der Waals surface area contributed by atoms with Crippen LogP contribution in [0.25, 0.3) is 0 Å². The Bertz CT molecular complexity index is 353. The third-order valence-corrected chi connectivity index (χ3v) is 2.57. The highest BCUT2D eigenvalue weighted by molar-refractivity contribution is 5.47. The summed E-state index contributed by atoms with van der Waals surface area (Å²) in [5.41, 5.74) is 8.20. The molecule has 0 aromatic heterocycles. The van der Waals surface area contributed by atoms with E-state index >= 15 is 0 Å². The molecule has 0 bridgehead atoms. The molecule has 1 atom stereocenters. The van der Waals surface area contributed by atoms with Crippen LogP contribution in [-0.4, -0.2) is 27.8 Å². The topological polar surface area (TPSA) is 56.5 Å². The lowest BCUT2D eigenvalue weighted by molar-refractivity contribution is 0.387. The van der Waals surface area contributed by atoms with E-state index < -0.39 is 0 Å². The van der Waals surface area contributed by atoms with Crippen molar-refractivity contribution >= 4 is 0 Å². The molecule has 4 nitrogen and oxygen atoms in total. The van der Waals surface area contributed by atoms with Crippen LogP contribution in [0, 0.1) is 6.92 Å². The fraction of sp³-hybridized carbons (Fsp3) is 0.500. The number of rotatable bonds is 5. The molecule has 1 aromatic rings. The Morgan fingerprint density at radius 3 is 2.50 bits per heavy atom. The van der Waals surface area contributed by atoms with Crippen LogP contribution >= 0.6 is 0 Å². The highest BCUT2D eigenvalue weighted by atomic mass is 16.5. The number of benzene rings is 1. The first-order chi connectivity index (χ1) is 7.63. The summed E-state index contributed by atoms with van der Waals surface area (Å²) in [7, 11) is 5.16. The summed E-state index contributed by atoms with van der Waals surface area (Å²) in [6.45, 7) is 2.72. The standard InChI is InChI=1S/C12H20N2O2/c1-8-5-9(15-3)6-11(16-4)12(8)10(13)7-14-2/h5-6,10,14H,7,13H2,1-4H3. The normalized spacial score (nSPS) is 12.3. The predicted molar refractivity (Wildman–Crippen MR) is 65.1 cm³/mol. The van der Waals surface area contributed by atoms with E-state index in [2.05, 4.69) is 5.32 Å². The minimum atomic E-state index is -0.0779. The van der Waals surface area contributed by atoms with Gasteiger partial charge in [-0.15, -0.1) is 0 Å². The number of hydrogen-bond donors (Lipinski definition) is 2. The van der Waals surface area contributed by atoms with Gasteiger partial charge in [-0.05, 0) is 25.6 Å². The molecule has 1 unspecified atom stereocenters. The second-order valence-electron chi connectivity index (χ2n) is 3.72. The number of likely N-dealkylation sites (N-methyl/N-ethyl adjacent to an activating group) is 1. The zero-order valence-corrected chi connectivity index (χ0v) is 10.3. The molecule has 0 aliphatic heterocycles. The van der Waals surface area contributed by atoms with E-state index in [-0.39, 0.29) is 6.04 Å². The summed E-state index contributed by atoms with van der Waals surface area (Å²) < 4.78 is 10.5. The van der Waals surface area contributed by atoms with Crippen LogP contribution in [0.5, 0.6) is 11.5 Å². The van der Waals surface area contributed by atoms with Crippen LogP contribution < -0.4 is 20.5 Å². The van der Waals surface area contributed by atoms with E-state index in [9.17, 15) is 0 Å². The molecule has 0 aliphatic rings. The predicted octanol–water partition coefficient (Wildman–Crippen LogP) is 1.23. The monoisotopic (exact) mass is 224 g/mol. The Morgan fingerprint density at radius 2 is 2.00 bits per heavy atom. The van der Waals surface area contributed by atoms with Crippen LogP contribution in [0.3, 0.4) is 0 Å². The molecular weight excluding hydrogens is 204 g/mol. The first-order valence-corrected chi connectivity index (χ1v) is 5.26. The molecule has 0 heterocycles. The van der Waals surface area contributed by atoms with Gasteiger partial charge in [0, 0.05) is 24.2 Å². The quantitative estimate of drug-likeness (QED) is 0.790. The summed E-state index contributed by atoms with van der Waals surface area (Å²) >= 11 is 0. The lowest BCUT2D eigenvalue weighted by Gasteiger charge is -2.19. The first-order valence-electron chi connectivity index (χ1n) is 5.26. The van der Waals surface area contributed by atoms with E-state index in [0.29, 0.717) is 6.54 Å². The second-order valence-corrected chi connectivity index (χ2v) is 3.72. The van der Waals surface area contributed by atoms with Crippen LogP contribution in [0.1, 0.15) is 17.2 Å². The van der Waals surface area contributed by atoms with Crippen LogP contribution in [0.4, 0.5) is 0 Å². The smallest absolute Gasteiger partial charge is 0.127 e. The number of ether oxygens (including phenoxy) is 2. The summed E-state index contributed by atoms with van der Waals surface area (Å²) in [5, 5.41) is 3.06. The van der Waals surface area contributed by atoms with E-state index in [1.165, 1.54) is 0 Å². The molecule has 0 saturated carbocycles. The number of nitrogens with two attached hydrogens (primary N) is 1. The number of nitrogens with one attached hydrogen (secondary N) is 1. The molecule has 0 spiro atoms. The highest BCUT2D eigenvalue weighted by Gasteiger charge is 2.15. The van der Waals surface area contributed by atoms with Crippen molar-refractivity contribution in [2.45, 2.75) is 13.0 Å². The lowest BCUT2D eigenvalue weighted by atomic mass is 10.00. The Labute approximate surface area is 96.7 Å². The zero-order valence-electron chi connectivity index (χ0n) is 10.3. The molecule has 16 heavy (non-hydrogen) atoms. The summed E-state index contributed by atoms with van der Waals surface area (Å²) in [5.74, 6) is 1.56. The number of hydrogen-bond acceptors (Lipinski definition) is 4. The molecule has 0 radical (unpaired) electrons. The largest absolute Gasteiger partial charge is 0.497 e. The number of methoxy groups -OCH3 is 2. The van der Waals surface area contributed by atoms with Crippen LogP contribution in [-0.2, 0) is 0 Å². The maximum Gasteiger partial charge on any atom is 0.127 e. The molecule has 1 rings (SSSR count). The van der Waals surface area contributed by atoms with Crippen molar-refractivity contribution < 1.29 is 9.47 Å². The van der Waals surface area contributed by atoms with Gasteiger partial charge in [-0.3, -0.25) is 0 Å².